The lowest BCUT2D eigenvalue weighted by Gasteiger charge is -2.27. The zero-order valence-electron chi connectivity index (χ0n) is 26.8. The van der Waals surface area contributed by atoms with Crippen molar-refractivity contribution in [3.63, 3.8) is 0 Å². The summed E-state index contributed by atoms with van der Waals surface area (Å²) in [6.45, 7) is 11.7. The summed E-state index contributed by atoms with van der Waals surface area (Å²) in [5, 5.41) is 21.8. The summed E-state index contributed by atoms with van der Waals surface area (Å²) in [6.07, 6.45) is 0.937. The molecule has 0 aliphatic rings. The highest BCUT2D eigenvalue weighted by atomic mass is 16.4. The molecule has 246 valence electrons. The number of carbonyl (C=O) groups is 6. The van der Waals surface area contributed by atoms with Crippen molar-refractivity contribution in [2.75, 3.05) is 6.54 Å². The van der Waals surface area contributed by atoms with E-state index in [0.717, 1.165) is 5.56 Å². The second-order valence-corrected chi connectivity index (χ2v) is 11.9. The predicted octanol–water partition coefficient (Wildman–Crippen LogP) is 0.465. The van der Waals surface area contributed by atoms with Gasteiger partial charge in [-0.1, -0.05) is 78.3 Å². The van der Waals surface area contributed by atoms with Gasteiger partial charge in [-0.15, -0.1) is 0 Å². The third kappa shape index (κ3) is 13.1. The van der Waals surface area contributed by atoms with E-state index in [1.807, 2.05) is 51.1 Å². The highest BCUT2D eigenvalue weighted by molar-refractivity contribution is 5.96. The van der Waals surface area contributed by atoms with Crippen LogP contribution in [0.5, 0.6) is 0 Å². The van der Waals surface area contributed by atoms with Crippen molar-refractivity contribution in [3.8, 4) is 0 Å². The number of hydrogen-bond acceptors (Lipinski definition) is 7. The second kappa shape index (κ2) is 18.6. The second-order valence-electron chi connectivity index (χ2n) is 11.9. The van der Waals surface area contributed by atoms with Gasteiger partial charge in [0.15, 0.2) is 0 Å². The first-order valence-corrected chi connectivity index (χ1v) is 15.1. The molecule has 0 heterocycles. The Bertz CT molecular complexity index is 1130. The lowest BCUT2D eigenvalue weighted by molar-refractivity contribution is -0.139. The molecule has 6 atom stereocenters. The molecule has 0 spiro atoms. The molecule has 0 fully saturated rings. The summed E-state index contributed by atoms with van der Waals surface area (Å²) < 4.78 is 0. The van der Waals surface area contributed by atoms with Crippen molar-refractivity contribution in [3.05, 3.63) is 35.9 Å². The molecule has 0 radical (unpaired) electrons. The van der Waals surface area contributed by atoms with E-state index in [4.69, 9.17) is 10.8 Å². The zero-order valence-corrected chi connectivity index (χ0v) is 26.8. The maximum Gasteiger partial charge on any atom is 0.322 e. The fourth-order valence-electron chi connectivity index (χ4n) is 4.24. The Morgan fingerprint density at radius 3 is 1.84 bits per heavy atom. The van der Waals surface area contributed by atoms with Gasteiger partial charge in [-0.3, -0.25) is 28.8 Å². The summed E-state index contributed by atoms with van der Waals surface area (Å²) in [4.78, 5) is 76.1. The zero-order chi connectivity index (χ0) is 33.6. The van der Waals surface area contributed by atoms with Gasteiger partial charge in [0.05, 0.1) is 6.04 Å². The molecule has 1 aromatic rings. The monoisotopic (exact) mass is 618 g/mol. The van der Waals surface area contributed by atoms with Gasteiger partial charge in [-0.05, 0) is 36.7 Å². The summed E-state index contributed by atoms with van der Waals surface area (Å²) in [5.41, 5.74) is 6.81. The number of hydrogen-bond donors (Lipinski definition) is 7. The summed E-state index contributed by atoms with van der Waals surface area (Å²) in [7, 11) is 0. The lowest BCUT2D eigenvalue weighted by atomic mass is 9.97. The summed E-state index contributed by atoms with van der Waals surface area (Å²) in [5.74, 6) is -4.71. The maximum atomic E-state index is 13.5. The molecule has 13 nitrogen and oxygen atoms in total. The van der Waals surface area contributed by atoms with Crippen LogP contribution in [0.15, 0.2) is 30.3 Å². The summed E-state index contributed by atoms with van der Waals surface area (Å²) >= 11 is 0. The Morgan fingerprint density at radius 1 is 0.750 bits per heavy atom. The minimum Gasteiger partial charge on any atom is -0.480 e. The highest BCUT2D eigenvalue weighted by Crippen LogP contribution is 2.11. The Balaban J connectivity index is 3.08. The van der Waals surface area contributed by atoms with Gasteiger partial charge >= 0.3 is 5.97 Å². The Morgan fingerprint density at radius 2 is 1.32 bits per heavy atom. The topological polar surface area (TPSA) is 209 Å². The summed E-state index contributed by atoms with van der Waals surface area (Å²) in [6, 6.07) is 4.12. The minimum atomic E-state index is -1.22. The van der Waals surface area contributed by atoms with Crippen molar-refractivity contribution < 1.29 is 33.9 Å². The molecule has 8 N–H and O–H groups in total. The largest absolute Gasteiger partial charge is 0.480 e. The van der Waals surface area contributed by atoms with Gasteiger partial charge in [-0.2, -0.15) is 0 Å². The van der Waals surface area contributed by atoms with Crippen LogP contribution >= 0.6 is 0 Å². The standard InChI is InChI=1S/C31H50N6O7/c1-8-19(6)26(31(44)33-16-24(38)39)37-27(40)20(7)34-28(41)22(14-17(2)3)35-29(42)23(15-21-12-10-9-11-13-21)36-30(43)25(32)18(4)5/h9-13,17-20,22-23,25-26H,8,14-16,32H2,1-7H3,(H,33,44)(H,34,41)(H,35,42)(H,36,43)(H,37,40)(H,38,39). The van der Waals surface area contributed by atoms with Crippen molar-refractivity contribution >= 4 is 35.5 Å². The molecule has 0 aromatic heterocycles. The van der Waals surface area contributed by atoms with Gasteiger partial charge in [0.2, 0.25) is 29.5 Å². The third-order valence-electron chi connectivity index (χ3n) is 7.24. The van der Waals surface area contributed by atoms with Gasteiger partial charge in [0.1, 0.15) is 30.7 Å². The average molecular weight is 619 g/mol. The number of nitrogens with two attached hydrogens (primary N) is 1. The van der Waals surface area contributed by atoms with Crippen molar-refractivity contribution in [1.82, 2.24) is 26.6 Å². The van der Waals surface area contributed by atoms with E-state index in [1.165, 1.54) is 6.92 Å². The quantitative estimate of drug-likeness (QED) is 0.123. The van der Waals surface area contributed by atoms with Crippen molar-refractivity contribution in [1.29, 1.82) is 0 Å². The van der Waals surface area contributed by atoms with Crippen LogP contribution in [0.4, 0.5) is 0 Å². The van der Waals surface area contributed by atoms with Crippen molar-refractivity contribution in [2.24, 2.45) is 23.5 Å². The fourth-order valence-corrected chi connectivity index (χ4v) is 4.24. The molecular weight excluding hydrogens is 568 g/mol. The number of carboxylic acids is 1. The highest BCUT2D eigenvalue weighted by Gasteiger charge is 2.32. The molecule has 0 aliphatic heterocycles. The molecule has 0 saturated carbocycles. The fraction of sp³-hybridized carbons (Fsp3) is 0.613. The van der Waals surface area contributed by atoms with E-state index >= 15 is 0 Å². The van der Waals surface area contributed by atoms with Crippen LogP contribution in [-0.2, 0) is 35.2 Å². The van der Waals surface area contributed by atoms with Crippen LogP contribution < -0.4 is 32.3 Å². The number of amides is 5. The first-order chi connectivity index (χ1) is 20.6. The van der Waals surface area contributed by atoms with E-state index < -0.39 is 72.3 Å². The molecule has 0 bridgehead atoms. The van der Waals surface area contributed by atoms with Gasteiger partial charge in [0.25, 0.3) is 0 Å². The Kier molecular flexibility index (Phi) is 16.1. The molecule has 0 saturated heterocycles. The predicted molar refractivity (Wildman–Crippen MR) is 166 cm³/mol. The molecule has 1 rings (SSSR count). The lowest BCUT2D eigenvalue weighted by Crippen LogP contribution is -2.59. The minimum absolute atomic E-state index is 0.0144. The van der Waals surface area contributed by atoms with Gasteiger partial charge in [0, 0.05) is 6.42 Å². The number of nitrogens with one attached hydrogen (secondary N) is 5. The number of rotatable bonds is 18. The molecule has 6 unspecified atom stereocenters. The Hall–Kier alpha value is -4.00. The van der Waals surface area contributed by atoms with Crippen LogP contribution in [0.3, 0.4) is 0 Å². The van der Waals surface area contributed by atoms with Gasteiger partial charge < -0.3 is 37.4 Å². The first kappa shape index (κ1) is 38.0. The van der Waals surface area contributed by atoms with Crippen LogP contribution in [0.25, 0.3) is 0 Å². The molecule has 5 amide bonds. The van der Waals surface area contributed by atoms with E-state index in [0.29, 0.717) is 6.42 Å². The van der Waals surface area contributed by atoms with E-state index in [2.05, 4.69) is 26.6 Å². The van der Waals surface area contributed by atoms with Crippen LogP contribution in [-0.4, -0.2) is 77.4 Å². The van der Waals surface area contributed by atoms with Crippen LogP contribution in [0, 0.1) is 17.8 Å². The molecule has 0 aliphatic carbocycles. The van der Waals surface area contributed by atoms with E-state index in [-0.39, 0.29) is 30.6 Å². The third-order valence-corrected chi connectivity index (χ3v) is 7.24. The van der Waals surface area contributed by atoms with Crippen molar-refractivity contribution in [2.45, 2.75) is 97.9 Å². The van der Waals surface area contributed by atoms with E-state index in [9.17, 15) is 28.8 Å². The number of carbonyl (C=O) groups excluding carboxylic acids is 5. The maximum absolute atomic E-state index is 13.5. The SMILES string of the molecule is CCC(C)C(NC(=O)C(C)NC(=O)C(CC(C)C)NC(=O)C(Cc1ccccc1)NC(=O)C(N)C(C)C)C(=O)NCC(=O)O. The Labute approximate surface area is 259 Å². The number of benzene rings is 1. The first-order valence-electron chi connectivity index (χ1n) is 15.1. The number of aliphatic carboxylic acids is 1. The molecular formula is C31H50N6O7. The average Bonchev–Trinajstić information content (AvgIpc) is 2.96. The van der Waals surface area contributed by atoms with Crippen LogP contribution in [0.2, 0.25) is 0 Å². The van der Waals surface area contributed by atoms with E-state index in [1.54, 1.807) is 20.8 Å². The molecule has 44 heavy (non-hydrogen) atoms. The smallest absolute Gasteiger partial charge is 0.322 e. The van der Waals surface area contributed by atoms with Crippen LogP contribution in [0.1, 0.15) is 66.9 Å². The normalized spacial score (nSPS) is 15.2. The van der Waals surface area contributed by atoms with Gasteiger partial charge in [-0.25, -0.2) is 0 Å². The molecule has 1 aromatic carbocycles. The number of carboxylic acid groups (broad SMARTS) is 1. The molecule has 13 heteroatoms.